The Morgan fingerprint density at radius 3 is 2.79 bits per heavy atom. The van der Waals surface area contributed by atoms with Crippen molar-refractivity contribution in [3.05, 3.63) is 28.3 Å². The van der Waals surface area contributed by atoms with Crippen molar-refractivity contribution >= 4 is 17.1 Å². The van der Waals surface area contributed by atoms with Gasteiger partial charge in [-0.25, -0.2) is 0 Å². The summed E-state index contributed by atoms with van der Waals surface area (Å²) in [6.45, 7) is 6.01. The van der Waals surface area contributed by atoms with Crippen molar-refractivity contribution in [2.45, 2.75) is 20.3 Å². The fourth-order valence-electron chi connectivity index (χ4n) is 1.59. The van der Waals surface area contributed by atoms with Crippen LogP contribution in [0, 0.1) is 16.0 Å². The maximum atomic E-state index is 10.9. The molecule has 0 unspecified atom stereocenters. The Kier molecular flexibility index (Phi) is 6.08. The van der Waals surface area contributed by atoms with Crippen LogP contribution in [0.25, 0.3) is 0 Å². The van der Waals surface area contributed by atoms with Gasteiger partial charge in [-0.3, -0.25) is 10.1 Å². The Morgan fingerprint density at radius 1 is 1.42 bits per heavy atom. The predicted octanol–water partition coefficient (Wildman–Crippen LogP) is 2.65. The second-order valence-corrected chi connectivity index (χ2v) is 4.72. The molecular weight excluding hydrogens is 246 g/mol. The standard InChI is InChI=1S/C13H21N3O3/c1-10(2)6-8-19-9-7-15-12-5-3-4-11(14)13(12)16(17)18/h3-5,10,15H,6-9,14H2,1-2H3. The van der Waals surface area contributed by atoms with Crippen LogP contribution in [0.15, 0.2) is 18.2 Å². The Balaban J connectivity index is 2.41. The molecule has 19 heavy (non-hydrogen) atoms. The fourth-order valence-corrected chi connectivity index (χ4v) is 1.59. The second kappa shape index (κ2) is 7.58. The SMILES string of the molecule is CC(C)CCOCCNc1cccc(N)c1[N+](=O)[O-]. The lowest BCUT2D eigenvalue weighted by Gasteiger charge is -2.09. The van der Waals surface area contributed by atoms with Gasteiger partial charge in [0, 0.05) is 13.2 Å². The highest BCUT2D eigenvalue weighted by molar-refractivity contribution is 5.74. The minimum Gasteiger partial charge on any atom is -0.393 e. The number of hydrogen-bond donors (Lipinski definition) is 2. The van der Waals surface area contributed by atoms with Gasteiger partial charge < -0.3 is 15.8 Å². The normalized spacial score (nSPS) is 10.7. The molecule has 0 amide bonds. The molecule has 1 aromatic carbocycles. The smallest absolute Gasteiger partial charge is 0.314 e. The van der Waals surface area contributed by atoms with Crippen LogP contribution in [0.5, 0.6) is 0 Å². The lowest BCUT2D eigenvalue weighted by molar-refractivity contribution is -0.383. The van der Waals surface area contributed by atoms with Crippen LogP contribution in [0.1, 0.15) is 20.3 Å². The summed E-state index contributed by atoms with van der Waals surface area (Å²) in [5.74, 6) is 0.614. The molecule has 0 saturated heterocycles. The fraction of sp³-hybridized carbons (Fsp3) is 0.538. The minimum absolute atomic E-state index is 0.0790. The van der Waals surface area contributed by atoms with Gasteiger partial charge in [-0.2, -0.15) is 0 Å². The third-order valence-corrected chi connectivity index (χ3v) is 2.65. The molecule has 0 fully saturated rings. The van der Waals surface area contributed by atoms with Gasteiger partial charge in [-0.05, 0) is 24.5 Å². The van der Waals surface area contributed by atoms with Gasteiger partial charge in [-0.15, -0.1) is 0 Å². The van der Waals surface area contributed by atoms with E-state index in [9.17, 15) is 10.1 Å². The Morgan fingerprint density at radius 2 is 2.16 bits per heavy atom. The molecule has 1 aromatic rings. The summed E-state index contributed by atoms with van der Waals surface area (Å²) in [4.78, 5) is 10.4. The van der Waals surface area contributed by atoms with Crippen LogP contribution in [0.4, 0.5) is 17.1 Å². The van der Waals surface area contributed by atoms with Gasteiger partial charge in [0.2, 0.25) is 0 Å². The summed E-state index contributed by atoms with van der Waals surface area (Å²) >= 11 is 0. The topological polar surface area (TPSA) is 90.4 Å². The van der Waals surface area contributed by atoms with E-state index in [0.717, 1.165) is 6.42 Å². The Hall–Kier alpha value is -1.82. The molecule has 0 aliphatic rings. The van der Waals surface area contributed by atoms with E-state index in [2.05, 4.69) is 19.2 Å². The highest BCUT2D eigenvalue weighted by Gasteiger charge is 2.16. The summed E-state index contributed by atoms with van der Waals surface area (Å²) in [5, 5.41) is 13.9. The average Bonchev–Trinajstić information content (AvgIpc) is 2.32. The number of nitrogen functional groups attached to an aromatic ring is 1. The molecule has 0 aliphatic heterocycles. The van der Waals surface area contributed by atoms with Gasteiger partial charge in [0.05, 0.1) is 11.5 Å². The number of hydrogen-bond acceptors (Lipinski definition) is 5. The van der Waals surface area contributed by atoms with Gasteiger partial charge >= 0.3 is 5.69 Å². The second-order valence-electron chi connectivity index (χ2n) is 4.72. The number of nitrogens with two attached hydrogens (primary N) is 1. The van der Waals surface area contributed by atoms with E-state index < -0.39 is 4.92 Å². The van der Waals surface area contributed by atoms with E-state index >= 15 is 0 Å². The van der Waals surface area contributed by atoms with E-state index in [4.69, 9.17) is 10.5 Å². The molecule has 1 rings (SSSR count). The van der Waals surface area contributed by atoms with Gasteiger partial charge in [0.25, 0.3) is 0 Å². The van der Waals surface area contributed by atoms with Gasteiger partial charge in [-0.1, -0.05) is 19.9 Å². The maximum Gasteiger partial charge on any atom is 0.314 e. The number of ether oxygens (including phenoxy) is 1. The zero-order valence-electron chi connectivity index (χ0n) is 11.4. The largest absolute Gasteiger partial charge is 0.393 e. The first-order chi connectivity index (χ1) is 9.02. The minimum atomic E-state index is -0.475. The number of nitrogens with zero attached hydrogens (tertiary/aromatic N) is 1. The molecule has 3 N–H and O–H groups in total. The summed E-state index contributed by atoms with van der Waals surface area (Å²) < 4.78 is 5.43. The van der Waals surface area contributed by atoms with Crippen molar-refractivity contribution in [3.63, 3.8) is 0 Å². The lowest BCUT2D eigenvalue weighted by Crippen LogP contribution is -2.12. The average molecular weight is 267 g/mol. The van der Waals surface area contributed by atoms with Crippen molar-refractivity contribution in [3.8, 4) is 0 Å². The van der Waals surface area contributed by atoms with Crippen LogP contribution >= 0.6 is 0 Å². The van der Waals surface area contributed by atoms with E-state index in [-0.39, 0.29) is 11.4 Å². The van der Waals surface area contributed by atoms with Crippen LogP contribution < -0.4 is 11.1 Å². The molecule has 0 atom stereocenters. The first-order valence-electron chi connectivity index (χ1n) is 6.37. The molecule has 0 saturated carbocycles. The van der Waals surface area contributed by atoms with Crippen LogP contribution in [-0.4, -0.2) is 24.7 Å². The molecule has 106 valence electrons. The highest BCUT2D eigenvalue weighted by atomic mass is 16.6. The molecule has 0 bridgehead atoms. The summed E-state index contributed by atoms with van der Waals surface area (Å²) in [6, 6.07) is 4.84. The zero-order chi connectivity index (χ0) is 14.3. The number of rotatable bonds is 8. The molecule has 0 spiro atoms. The molecule has 0 aromatic heterocycles. The van der Waals surface area contributed by atoms with Crippen LogP contribution in [0.3, 0.4) is 0 Å². The van der Waals surface area contributed by atoms with Crippen LogP contribution in [0.2, 0.25) is 0 Å². The molecule has 6 heteroatoms. The van der Waals surface area contributed by atoms with Crippen molar-refractivity contribution in [2.75, 3.05) is 30.8 Å². The molecule has 6 nitrogen and oxygen atoms in total. The van der Waals surface area contributed by atoms with Crippen molar-refractivity contribution in [1.29, 1.82) is 0 Å². The number of para-hydroxylation sites is 1. The van der Waals surface area contributed by atoms with E-state index in [1.165, 1.54) is 6.07 Å². The lowest BCUT2D eigenvalue weighted by atomic mass is 10.1. The molecule has 0 aliphatic carbocycles. The number of nitro benzene ring substituents is 1. The first-order valence-corrected chi connectivity index (χ1v) is 6.37. The van der Waals surface area contributed by atoms with Crippen LogP contribution in [-0.2, 0) is 4.74 Å². The van der Waals surface area contributed by atoms with Gasteiger partial charge in [0.1, 0.15) is 11.4 Å². The molecule has 0 heterocycles. The molecule has 0 radical (unpaired) electrons. The number of nitrogens with one attached hydrogen (secondary N) is 1. The van der Waals surface area contributed by atoms with Crippen molar-refractivity contribution in [1.82, 2.24) is 0 Å². The van der Waals surface area contributed by atoms with Crippen molar-refractivity contribution in [2.24, 2.45) is 5.92 Å². The first kappa shape index (κ1) is 15.2. The quantitative estimate of drug-likeness (QED) is 0.327. The third kappa shape index (κ3) is 5.13. The predicted molar refractivity (Wildman–Crippen MR) is 76.3 cm³/mol. The number of benzene rings is 1. The monoisotopic (exact) mass is 267 g/mol. The van der Waals surface area contributed by atoms with E-state index in [1.807, 2.05) is 0 Å². The Bertz CT molecular complexity index is 422. The number of anilines is 2. The number of nitro groups is 1. The summed E-state index contributed by atoms with van der Waals surface area (Å²) in [6.07, 6.45) is 1.01. The van der Waals surface area contributed by atoms with E-state index in [0.29, 0.717) is 31.4 Å². The highest BCUT2D eigenvalue weighted by Crippen LogP contribution is 2.30. The summed E-state index contributed by atoms with van der Waals surface area (Å²) in [5.41, 5.74) is 6.11. The van der Waals surface area contributed by atoms with Gasteiger partial charge in [0.15, 0.2) is 0 Å². The maximum absolute atomic E-state index is 10.9. The van der Waals surface area contributed by atoms with Crippen molar-refractivity contribution < 1.29 is 9.66 Å². The Labute approximate surface area is 113 Å². The summed E-state index contributed by atoms with van der Waals surface area (Å²) in [7, 11) is 0. The zero-order valence-corrected chi connectivity index (χ0v) is 11.4. The third-order valence-electron chi connectivity index (χ3n) is 2.65. The molecular formula is C13H21N3O3. The van der Waals surface area contributed by atoms with E-state index in [1.54, 1.807) is 12.1 Å².